The maximum atomic E-state index is 13.5. The predicted octanol–water partition coefficient (Wildman–Crippen LogP) is 13.5. The van der Waals surface area contributed by atoms with E-state index in [4.69, 9.17) is 28.4 Å². The smallest absolute Gasteiger partial charge is 0.220 e. The first-order valence-corrected chi connectivity index (χ1v) is 40.7. The van der Waals surface area contributed by atoms with Crippen molar-refractivity contribution < 1.29 is 89.4 Å². The molecule has 0 aromatic carbocycles. The molecule has 12 N–H and O–H groups in total. The molecule has 3 aliphatic heterocycles. The number of amides is 1. The molecule has 0 bridgehead atoms. The van der Waals surface area contributed by atoms with Gasteiger partial charge in [0.05, 0.1) is 38.6 Å². The van der Waals surface area contributed by atoms with E-state index in [1.807, 2.05) is 0 Å². The topological polar surface area (TPSA) is 307 Å². The van der Waals surface area contributed by atoms with Crippen LogP contribution in [0.5, 0.6) is 0 Å². The van der Waals surface area contributed by atoms with Crippen molar-refractivity contribution in [3.8, 4) is 0 Å². The van der Waals surface area contributed by atoms with Crippen molar-refractivity contribution in [1.29, 1.82) is 0 Å². The second-order valence-electron chi connectivity index (χ2n) is 29.2. The largest absolute Gasteiger partial charge is 0.394 e. The molecular weight excluding hydrogens is 1260 g/mol. The Hall–Kier alpha value is -1.99. The van der Waals surface area contributed by atoms with Crippen LogP contribution in [0.15, 0.2) is 36.5 Å². The number of hydrogen-bond donors (Lipinski definition) is 12. The molecule has 3 rings (SSSR count). The highest BCUT2D eigenvalue weighted by atomic mass is 16.8. The molecule has 19 nitrogen and oxygen atoms in total. The molecule has 99 heavy (non-hydrogen) atoms. The van der Waals surface area contributed by atoms with Gasteiger partial charge in [0.25, 0.3) is 0 Å². The quantitative estimate of drug-likeness (QED) is 0.0199. The van der Waals surface area contributed by atoms with Gasteiger partial charge in [0.2, 0.25) is 5.91 Å². The zero-order valence-electron chi connectivity index (χ0n) is 62.2. The minimum atomic E-state index is -1.97. The third kappa shape index (κ3) is 41.5. The predicted molar refractivity (Wildman–Crippen MR) is 393 cm³/mol. The van der Waals surface area contributed by atoms with E-state index in [1.54, 1.807) is 0 Å². The van der Waals surface area contributed by atoms with Gasteiger partial charge in [-0.3, -0.25) is 4.79 Å². The SMILES string of the molecule is CCCCCCC/C=C\C/C=C\C/C=C\CCCCCCCCCCCCCCCCCCCCCCCCC(=O)NC(COC1OC(CO)C(OC2OC(CO)C(OC3OC(CO)C(O)C(O)C3O)C(O)C2O)C(O)C1O)C(O)CCCCCCCCCCCCCCCCCCC. The summed E-state index contributed by atoms with van der Waals surface area (Å²) in [5, 5.41) is 121. The van der Waals surface area contributed by atoms with Gasteiger partial charge in [-0.15, -0.1) is 0 Å². The van der Waals surface area contributed by atoms with E-state index in [0.29, 0.717) is 12.8 Å². The fourth-order valence-electron chi connectivity index (χ4n) is 13.9. The van der Waals surface area contributed by atoms with Crippen LogP contribution in [-0.4, -0.2) is 193 Å². The number of aliphatic hydroxyl groups is 11. The molecule has 0 spiro atoms. The number of ether oxygens (including phenoxy) is 6. The van der Waals surface area contributed by atoms with E-state index >= 15 is 0 Å². The molecule has 0 radical (unpaired) electrons. The van der Waals surface area contributed by atoms with Gasteiger partial charge in [0.15, 0.2) is 18.9 Å². The minimum absolute atomic E-state index is 0.236. The monoisotopic (exact) mass is 1410 g/mol. The van der Waals surface area contributed by atoms with E-state index in [-0.39, 0.29) is 18.9 Å². The molecular formula is C80H149NO18. The van der Waals surface area contributed by atoms with Crippen molar-refractivity contribution in [1.82, 2.24) is 5.32 Å². The molecule has 3 saturated heterocycles. The van der Waals surface area contributed by atoms with Gasteiger partial charge in [-0.2, -0.15) is 0 Å². The van der Waals surface area contributed by atoms with E-state index < -0.39 is 124 Å². The van der Waals surface area contributed by atoms with E-state index in [9.17, 15) is 61.0 Å². The van der Waals surface area contributed by atoms with Crippen LogP contribution >= 0.6 is 0 Å². The van der Waals surface area contributed by atoms with Gasteiger partial charge in [0.1, 0.15) is 73.2 Å². The summed E-state index contributed by atoms with van der Waals surface area (Å²) in [6, 6.07) is -0.886. The Morgan fingerprint density at radius 2 is 0.667 bits per heavy atom. The molecule has 3 heterocycles. The van der Waals surface area contributed by atoms with Gasteiger partial charge in [0, 0.05) is 6.42 Å². The first-order chi connectivity index (χ1) is 48.3. The maximum absolute atomic E-state index is 13.5. The third-order valence-electron chi connectivity index (χ3n) is 20.5. The highest BCUT2D eigenvalue weighted by Gasteiger charge is 2.54. The lowest BCUT2D eigenvalue weighted by molar-refractivity contribution is -0.379. The van der Waals surface area contributed by atoms with Gasteiger partial charge in [-0.25, -0.2) is 0 Å². The lowest BCUT2D eigenvalue weighted by atomic mass is 9.96. The third-order valence-corrected chi connectivity index (χ3v) is 20.5. The summed E-state index contributed by atoms with van der Waals surface area (Å²) in [5.74, 6) is -0.236. The van der Waals surface area contributed by atoms with Crippen LogP contribution in [-0.2, 0) is 33.2 Å². The van der Waals surface area contributed by atoms with Crippen LogP contribution < -0.4 is 5.32 Å². The number of rotatable bonds is 65. The summed E-state index contributed by atoms with van der Waals surface area (Å²) < 4.78 is 34.5. The van der Waals surface area contributed by atoms with Crippen molar-refractivity contribution in [2.24, 2.45) is 0 Å². The van der Waals surface area contributed by atoms with E-state index in [0.717, 1.165) is 57.8 Å². The van der Waals surface area contributed by atoms with E-state index in [1.165, 1.54) is 244 Å². The van der Waals surface area contributed by atoms with Crippen molar-refractivity contribution in [3.05, 3.63) is 36.5 Å². The Morgan fingerprint density at radius 3 is 1.04 bits per heavy atom. The molecule has 582 valence electrons. The Kier molecular flexibility index (Phi) is 56.4. The second-order valence-corrected chi connectivity index (χ2v) is 29.2. The van der Waals surface area contributed by atoms with Crippen molar-refractivity contribution >= 4 is 5.91 Å². The van der Waals surface area contributed by atoms with Crippen molar-refractivity contribution in [2.75, 3.05) is 26.4 Å². The number of aliphatic hydroxyl groups excluding tert-OH is 11. The zero-order chi connectivity index (χ0) is 71.8. The average molecular weight is 1410 g/mol. The molecule has 3 fully saturated rings. The number of nitrogens with one attached hydrogen (secondary N) is 1. The molecule has 0 aromatic heterocycles. The number of allylic oxidation sites excluding steroid dienone is 6. The normalized spacial score (nSPS) is 26.7. The van der Waals surface area contributed by atoms with Crippen LogP contribution in [0.4, 0.5) is 0 Å². The van der Waals surface area contributed by atoms with E-state index in [2.05, 4.69) is 55.6 Å². The number of carbonyl (C=O) groups is 1. The molecule has 0 aromatic rings. The second kappa shape index (κ2) is 61.2. The molecule has 3 aliphatic rings. The van der Waals surface area contributed by atoms with Gasteiger partial charge >= 0.3 is 0 Å². The summed E-state index contributed by atoms with van der Waals surface area (Å²) >= 11 is 0. The first-order valence-electron chi connectivity index (χ1n) is 40.7. The highest BCUT2D eigenvalue weighted by molar-refractivity contribution is 5.76. The van der Waals surface area contributed by atoms with Gasteiger partial charge in [-0.05, 0) is 51.4 Å². The number of carbonyl (C=O) groups excluding carboxylic acids is 1. The van der Waals surface area contributed by atoms with Gasteiger partial charge in [-0.1, -0.05) is 314 Å². The maximum Gasteiger partial charge on any atom is 0.220 e. The van der Waals surface area contributed by atoms with Crippen LogP contribution in [0.3, 0.4) is 0 Å². The van der Waals surface area contributed by atoms with Gasteiger partial charge < -0.3 is 89.9 Å². The summed E-state index contributed by atoms with van der Waals surface area (Å²) in [6.45, 7) is 1.83. The Balaban J connectivity index is 1.31. The summed E-state index contributed by atoms with van der Waals surface area (Å²) in [5.41, 5.74) is 0. The minimum Gasteiger partial charge on any atom is -0.394 e. The Bertz CT molecular complexity index is 1930. The lowest BCUT2D eigenvalue weighted by Gasteiger charge is -2.48. The van der Waals surface area contributed by atoms with Crippen LogP contribution in [0.2, 0.25) is 0 Å². The molecule has 19 heteroatoms. The fourth-order valence-corrected chi connectivity index (χ4v) is 13.9. The van der Waals surface area contributed by atoms with Crippen LogP contribution in [0, 0.1) is 0 Å². The lowest BCUT2D eigenvalue weighted by Crippen LogP contribution is -2.66. The fraction of sp³-hybridized carbons (Fsp3) is 0.912. The molecule has 0 aliphatic carbocycles. The standard InChI is InChI=1S/C80H149NO18/c1-3-5-7-9-11-13-15-17-19-21-22-23-24-25-26-27-28-29-30-31-32-33-34-35-36-37-38-39-40-42-44-46-48-50-52-54-56-58-68(86)81-63(64(85)57-55-53-51-49-47-45-43-41-20-18-16-14-12-10-8-6-4-2)62-94-78-74(92)71(89)76(66(60-83)96-78)99-80-75(93)72(90)77(67(61-84)97-80)98-79-73(91)70(88)69(87)65(59-82)95-79/h15,17,21-22,24-25,63-67,69-80,82-85,87-93H,3-14,16,18-20,23,26-62H2,1-2H3,(H,81,86)/b17-15-,22-21-,25-24-. The van der Waals surface area contributed by atoms with Crippen molar-refractivity contribution in [2.45, 2.75) is 439 Å². The molecule has 17 atom stereocenters. The van der Waals surface area contributed by atoms with Crippen molar-refractivity contribution in [3.63, 3.8) is 0 Å². The van der Waals surface area contributed by atoms with Crippen LogP contribution in [0.25, 0.3) is 0 Å². The van der Waals surface area contributed by atoms with Crippen LogP contribution in [0.1, 0.15) is 335 Å². The molecule has 1 amide bonds. The summed E-state index contributed by atoms with van der Waals surface area (Å²) in [7, 11) is 0. The number of hydrogen-bond acceptors (Lipinski definition) is 18. The summed E-state index contributed by atoms with van der Waals surface area (Å²) in [6.07, 6.45) is 48.2. The Morgan fingerprint density at radius 1 is 0.364 bits per heavy atom. The first kappa shape index (κ1) is 91.2. The average Bonchev–Trinajstić information content (AvgIpc) is 0.786. The number of unbranched alkanes of at least 4 members (excludes halogenated alkanes) is 43. The summed E-state index contributed by atoms with van der Waals surface area (Å²) in [4.78, 5) is 13.5. The zero-order valence-corrected chi connectivity index (χ0v) is 62.2. The Labute approximate surface area is 600 Å². The molecule has 0 saturated carbocycles. The highest BCUT2D eigenvalue weighted by Crippen LogP contribution is 2.33. The molecule has 17 unspecified atom stereocenters.